The molecule has 1 N–H and O–H groups in total. The largest absolute Gasteiger partial charge is 0.329 e. The number of allylic oxidation sites excluding steroid dienone is 2. The number of benzene rings is 1. The van der Waals surface area contributed by atoms with Crippen molar-refractivity contribution < 1.29 is 8.78 Å². The number of anilines is 1. The van der Waals surface area contributed by atoms with Crippen molar-refractivity contribution >= 4 is 44.7 Å². The molecule has 9 heteroatoms. The third-order valence-corrected chi connectivity index (χ3v) is 5.04. The molecular formula is C17H12F2N4O2S. The zero-order valence-corrected chi connectivity index (χ0v) is 14.3. The van der Waals surface area contributed by atoms with Crippen LogP contribution in [0.3, 0.4) is 0 Å². The van der Waals surface area contributed by atoms with Gasteiger partial charge in [0.25, 0.3) is 5.56 Å². The van der Waals surface area contributed by atoms with Gasteiger partial charge in [-0.05, 0) is 36.7 Å². The van der Waals surface area contributed by atoms with Gasteiger partial charge < -0.3 is 9.47 Å². The second-order valence-corrected chi connectivity index (χ2v) is 6.35. The van der Waals surface area contributed by atoms with Crippen LogP contribution in [0.5, 0.6) is 0 Å². The monoisotopic (exact) mass is 374 g/mol. The minimum Gasteiger partial charge on any atom is -0.329 e. The van der Waals surface area contributed by atoms with Crippen LogP contribution < -0.4 is 15.9 Å². The molecule has 0 saturated carbocycles. The first-order valence-corrected chi connectivity index (χ1v) is 8.57. The normalized spacial score (nSPS) is 13.9. The van der Waals surface area contributed by atoms with Gasteiger partial charge in [-0.15, -0.1) is 0 Å². The lowest BCUT2D eigenvalue weighted by molar-refractivity contribution is 0.589. The van der Waals surface area contributed by atoms with Gasteiger partial charge in [0.1, 0.15) is 15.9 Å². The average molecular weight is 374 g/mol. The van der Waals surface area contributed by atoms with E-state index in [0.717, 1.165) is 17.6 Å². The predicted octanol–water partition coefficient (Wildman–Crippen LogP) is 3.08. The lowest BCUT2D eigenvalue weighted by atomic mass is 10.1. The Bertz CT molecular complexity index is 1230. The Morgan fingerprint density at radius 1 is 1.27 bits per heavy atom. The van der Waals surface area contributed by atoms with E-state index in [1.165, 1.54) is 28.2 Å². The van der Waals surface area contributed by atoms with Crippen molar-refractivity contribution in [2.75, 3.05) is 4.90 Å². The number of aliphatic imine (C=N–C) groups is 1. The molecule has 3 aromatic rings. The first-order chi connectivity index (χ1) is 12.5. The number of hydrogen-bond acceptors (Lipinski definition) is 5. The number of halogens is 2. The van der Waals surface area contributed by atoms with Crippen LogP contribution in [0.1, 0.15) is 6.92 Å². The van der Waals surface area contributed by atoms with Crippen molar-refractivity contribution in [3.05, 3.63) is 62.8 Å². The molecule has 0 saturated heterocycles. The quantitative estimate of drug-likeness (QED) is 0.749. The van der Waals surface area contributed by atoms with E-state index in [4.69, 9.17) is 0 Å². The maximum atomic E-state index is 15.4. The van der Waals surface area contributed by atoms with Crippen molar-refractivity contribution in [3.8, 4) is 0 Å². The molecular weight excluding hydrogens is 362 g/mol. The van der Waals surface area contributed by atoms with Gasteiger partial charge in [-0.3, -0.25) is 14.0 Å². The van der Waals surface area contributed by atoms with E-state index < -0.39 is 22.6 Å². The van der Waals surface area contributed by atoms with E-state index in [1.807, 2.05) is 0 Å². The molecule has 1 aliphatic rings. The van der Waals surface area contributed by atoms with Crippen molar-refractivity contribution in [1.82, 2.24) is 8.94 Å². The van der Waals surface area contributed by atoms with Crippen LogP contribution in [0.4, 0.5) is 14.5 Å². The van der Waals surface area contributed by atoms with Crippen LogP contribution in [0.25, 0.3) is 21.1 Å². The van der Waals surface area contributed by atoms with Crippen LogP contribution in [0.15, 0.2) is 45.2 Å². The van der Waals surface area contributed by atoms with E-state index in [9.17, 15) is 14.0 Å². The Morgan fingerprint density at radius 2 is 2.08 bits per heavy atom. The number of nitrogens with zero attached hydrogens (tertiary/aromatic N) is 3. The number of hydrogen-bond donors (Lipinski definition) is 1. The summed E-state index contributed by atoms with van der Waals surface area (Å²) >= 11 is 0.953. The first kappa shape index (κ1) is 16.4. The number of aromatic nitrogens is 2. The fraction of sp³-hybridized carbons (Fsp3) is 0.118. The van der Waals surface area contributed by atoms with Gasteiger partial charge >= 0.3 is 0 Å². The molecule has 0 radical (unpaired) electrons. The van der Waals surface area contributed by atoms with E-state index in [1.54, 1.807) is 19.1 Å². The van der Waals surface area contributed by atoms with Crippen LogP contribution in [0.2, 0.25) is 0 Å². The molecule has 0 amide bonds. The Morgan fingerprint density at radius 3 is 2.85 bits per heavy atom. The fourth-order valence-electron chi connectivity index (χ4n) is 3.02. The highest BCUT2D eigenvalue weighted by Crippen LogP contribution is 2.31. The lowest BCUT2D eigenvalue weighted by Crippen LogP contribution is -2.20. The number of H-pyrrole nitrogens is 1. The summed E-state index contributed by atoms with van der Waals surface area (Å²) in [7, 11) is 0. The Labute approximate surface area is 149 Å². The highest BCUT2D eigenvalue weighted by atomic mass is 32.1. The molecule has 6 nitrogen and oxygen atoms in total. The minimum absolute atomic E-state index is 0.0457. The summed E-state index contributed by atoms with van der Waals surface area (Å²) < 4.78 is 34.1. The maximum absolute atomic E-state index is 15.4. The highest BCUT2D eigenvalue weighted by Gasteiger charge is 2.24. The van der Waals surface area contributed by atoms with E-state index >= 15 is 4.39 Å². The average Bonchev–Trinajstić information content (AvgIpc) is 2.82. The maximum Gasteiger partial charge on any atom is 0.271 e. The summed E-state index contributed by atoms with van der Waals surface area (Å²) in [6.45, 7) is 2.06. The van der Waals surface area contributed by atoms with Gasteiger partial charge in [0.15, 0.2) is 11.6 Å². The van der Waals surface area contributed by atoms with E-state index in [2.05, 4.69) is 9.37 Å². The highest BCUT2D eigenvalue weighted by molar-refractivity contribution is 7.12. The van der Waals surface area contributed by atoms with Gasteiger partial charge in [0, 0.05) is 18.9 Å². The van der Waals surface area contributed by atoms with Gasteiger partial charge in [-0.1, -0.05) is 0 Å². The molecule has 0 spiro atoms. The molecule has 0 bridgehead atoms. The third kappa shape index (κ3) is 2.24. The molecule has 4 rings (SSSR count). The third-order valence-electron chi connectivity index (χ3n) is 4.13. The number of nitrogens with one attached hydrogen (secondary N) is 1. The second kappa shape index (κ2) is 6.03. The number of fused-ring (bicyclic) bond motifs is 2. The van der Waals surface area contributed by atoms with Crippen LogP contribution >= 0.6 is 11.5 Å². The number of rotatable bonds is 2. The SMILES string of the molecule is CCn1c2s[nH]c(=O)c2c(=O)c2cc(F)c(N3C=CC=CN=C3)c(F)c21. The van der Waals surface area contributed by atoms with Gasteiger partial charge in [-0.2, -0.15) is 0 Å². The van der Waals surface area contributed by atoms with Crippen molar-refractivity contribution in [1.29, 1.82) is 0 Å². The molecule has 1 aliphatic heterocycles. The molecule has 0 atom stereocenters. The molecule has 0 aliphatic carbocycles. The summed E-state index contributed by atoms with van der Waals surface area (Å²) in [5, 5.41) is -0.257. The summed E-state index contributed by atoms with van der Waals surface area (Å²) in [5.74, 6) is -1.81. The summed E-state index contributed by atoms with van der Waals surface area (Å²) in [5.41, 5.74) is -1.63. The zero-order valence-electron chi connectivity index (χ0n) is 13.5. The van der Waals surface area contributed by atoms with Gasteiger partial charge in [0.2, 0.25) is 5.43 Å². The number of aryl methyl sites for hydroxylation is 1. The molecule has 1 aromatic carbocycles. The Kier molecular flexibility index (Phi) is 3.80. The molecule has 3 heterocycles. The van der Waals surface area contributed by atoms with Crippen molar-refractivity contribution in [2.45, 2.75) is 13.5 Å². The summed E-state index contributed by atoms with van der Waals surface area (Å²) in [6.07, 6.45) is 7.42. The van der Waals surface area contributed by atoms with Crippen LogP contribution in [0, 0.1) is 11.6 Å². The van der Waals surface area contributed by atoms with E-state index in [-0.39, 0.29) is 22.0 Å². The van der Waals surface area contributed by atoms with Crippen LogP contribution in [-0.2, 0) is 6.54 Å². The molecule has 0 fully saturated rings. The summed E-state index contributed by atoms with van der Waals surface area (Å²) in [6, 6.07) is 0.971. The van der Waals surface area contributed by atoms with Crippen molar-refractivity contribution in [3.63, 3.8) is 0 Å². The Hall–Kier alpha value is -3.07. The number of aromatic amines is 1. The topological polar surface area (TPSA) is 70.5 Å². The standard InChI is InChI=1S/C17H12F2N4O2S/c1-2-23-13-9(15(24)11-16(25)21-26-17(11)23)7-10(18)14(12(13)19)22-6-4-3-5-20-8-22/h3-8H,2H2,1H3,(H,21,25). The molecule has 2 aromatic heterocycles. The molecule has 0 unspecified atom stereocenters. The molecule has 132 valence electrons. The van der Waals surface area contributed by atoms with Gasteiger partial charge in [-0.25, -0.2) is 13.8 Å². The Balaban J connectivity index is 2.17. The minimum atomic E-state index is -0.918. The second-order valence-electron chi connectivity index (χ2n) is 5.56. The predicted molar refractivity (Wildman–Crippen MR) is 99.1 cm³/mol. The lowest BCUT2D eigenvalue weighted by Gasteiger charge is -2.19. The number of pyridine rings is 1. The van der Waals surface area contributed by atoms with E-state index in [0.29, 0.717) is 11.4 Å². The first-order valence-electron chi connectivity index (χ1n) is 7.75. The zero-order chi connectivity index (χ0) is 18.4. The fourth-order valence-corrected chi connectivity index (χ4v) is 3.93. The summed E-state index contributed by atoms with van der Waals surface area (Å²) in [4.78, 5) is 30.1. The van der Waals surface area contributed by atoms with Gasteiger partial charge in [0.05, 0.1) is 17.2 Å². The smallest absolute Gasteiger partial charge is 0.271 e. The van der Waals surface area contributed by atoms with Crippen LogP contribution in [-0.4, -0.2) is 15.3 Å². The molecule has 26 heavy (non-hydrogen) atoms. The van der Waals surface area contributed by atoms with Crippen molar-refractivity contribution in [2.24, 2.45) is 4.99 Å².